The second kappa shape index (κ2) is 6.26. The fraction of sp³-hybridized carbons (Fsp3) is 0.588. The fourth-order valence-corrected chi connectivity index (χ4v) is 2.51. The summed E-state index contributed by atoms with van der Waals surface area (Å²) in [6.07, 6.45) is 0. The monoisotopic (exact) mass is 319 g/mol. The summed E-state index contributed by atoms with van der Waals surface area (Å²) in [7, 11) is 1.25. The molecule has 1 aliphatic heterocycles. The number of likely N-dealkylation sites (N-methyl/N-ethyl adjacent to an activating group) is 1. The summed E-state index contributed by atoms with van der Waals surface area (Å²) in [4.78, 5) is 13.9. The van der Waals surface area contributed by atoms with E-state index in [0.29, 0.717) is 12.1 Å². The summed E-state index contributed by atoms with van der Waals surface area (Å²) < 4.78 is 12.1. The van der Waals surface area contributed by atoms with E-state index < -0.39 is 7.12 Å². The van der Waals surface area contributed by atoms with Gasteiger partial charge in [-0.1, -0.05) is 12.1 Å². The normalized spacial score (nSPS) is 19.0. The van der Waals surface area contributed by atoms with Crippen LogP contribution in [0.3, 0.4) is 0 Å². The van der Waals surface area contributed by atoms with Gasteiger partial charge in [0.1, 0.15) is 0 Å². The molecule has 0 atom stereocenters. The average Bonchev–Trinajstić information content (AvgIpc) is 2.67. The molecule has 1 heterocycles. The Kier molecular flexibility index (Phi) is 4.90. The molecule has 1 aliphatic rings. The van der Waals surface area contributed by atoms with E-state index in [1.165, 1.54) is 4.90 Å². The average molecular weight is 319 g/mol. The van der Waals surface area contributed by atoms with Crippen LogP contribution in [0.4, 0.5) is 0 Å². The van der Waals surface area contributed by atoms with Gasteiger partial charge in [0.05, 0.1) is 17.8 Å². The molecule has 1 N–H and O–H groups in total. The molecule has 6 heteroatoms. The zero-order valence-corrected chi connectivity index (χ0v) is 14.8. The van der Waals surface area contributed by atoms with Crippen LogP contribution < -0.4 is 5.46 Å². The number of nitrogens with zero attached hydrogens (tertiary/aromatic N) is 1. The Hall–Kier alpha value is -1.37. The van der Waals surface area contributed by atoms with Crippen molar-refractivity contribution in [3.63, 3.8) is 0 Å². The number of amides is 1. The van der Waals surface area contributed by atoms with Gasteiger partial charge in [-0.15, -0.1) is 0 Å². The molecular weight excluding hydrogens is 293 g/mol. The van der Waals surface area contributed by atoms with Crippen molar-refractivity contribution in [1.82, 2.24) is 4.90 Å². The summed E-state index contributed by atoms with van der Waals surface area (Å²) in [6, 6.07) is 5.60. The first-order valence-corrected chi connectivity index (χ1v) is 7.91. The van der Waals surface area contributed by atoms with Gasteiger partial charge in [-0.3, -0.25) is 4.79 Å². The first-order valence-electron chi connectivity index (χ1n) is 7.91. The van der Waals surface area contributed by atoms with Crippen molar-refractivity contribution in [2.45, 2.75) is 45.8 Å². The van der Waals surface area contributed by atoms with Gasteiger partial charge in [-0.05, 0) is 51.7 Å². The highest BCUT2D eigenvalue weighted by Crippen LogP contribution is 2.36. The van der Waals surface area contributed by atoms with E-state index in [1.807, 2.05) is 46.8 Å². The Morgan fingerprint density at radius 3 is 2.26 bits per heavy atom. The highest BCUT2D eigenvalue weighted by molar-refractivity contribution is 6.62. The van der Waals surface area contributed by atoms with Crippen LogP contribution >= 0.6 is 0 Å². The molecule has 1 aromatic rings. The molecule has 0 bridgehead atoms. The molecule has 0 unspecified atom stereocenters. The van der Waals surface area contributed by atoms with E-state index in [1.54, 1.807) is 13.1 Å². The predicted molar refractivity (Wildman–Crippen MR) is 90.9 cm³/mol. The number of aliphatic hydroxyl groups is 1. The summed E-state index contributed by atoms with van der Waals surface area (Å²) in [5.41, 5.74) is 1.62. The molecular formula is C17H26BNO4. The molecule has 23 heavy (non-hydrogen) atoms. The van der Waals surface area contributed by atoms with E-state index in [2.05, 4.69) is 0 Å². The van der Waals surface area contributed by atoms with Crippen molar-refractivity contribution in [2.75, 3.05) is 20.2 Å². The highest BCUT2D eigenvalue weighted by atomic mass is 16.7. The molecule has 0 spiro atoms. The minimum Gasteiger partial charge on any atom is -0.399 e. The third kappa shape index (κ3) is 3.44. The zero-order valence-electron chi connectivity index (χ0n) is 14.8. The number of aliphatic hydroxyl groups excluding tert-OH is 1. The van der Waals surface area contributed by atoms with Gasteiger partial charge in [0, 0.05) is 19.2 Å². The van der Waals surface area contributed by atoms with Crippen LogP contribution in [-0.2, 0) is 9.31 Å². The van der Waals surface area contributed by atoms with Gasteiger partial charge >= 0.3 is 7.12 Å². The Labute approximate surface area is 138 Å². The molecule has 126 valence electrons. The summed E-state index contributed by atoms with van der Waals surface area (Å²) in [5.74, 6) is -0.1000. The number of carbonyl (C=O) groups is 1. The maximum atomic E-state index is 12.3. The number of hydrogen-bond acceptors (Lipinski definition) is 4. The van der Waals surface area contributed by atoms with Crippen molar-refractivity contribution in [2.24, 2.45) is 0 Å². The molecule has 0 radical (unpaired) electrons. The lowest BCUT2D eigenvalue weighted by molar-refractivity contribution is 0.00578. The van der Waals surface area contributed by atoms with Gasteiger partial charge in [-0.2, -0.15) is 0 Å². The Morgan fingerprint density at radius 2 is 1.78 bits per heavy atom. The molecule has 0 aliphatic carbocycles. The number of hydrogen-bond donors (Lipinski definition) is 1. The zero-order chi connectivity index (χ0) is 17.4. The van der Waals surface area contributed by atoms with E-state index in [9.17, 15) is 4.79 Å². The van der Waals surface area contributed by atoms with E-state index in [-0.39, 0.29) is 23.7 Å². The van der Waals surface area contributed by atoms with Crippen molar-refractivity contribution >= 4 is 18.5 Å². The molecule has 1 aromatic carbocycles. The molecule has 1 amide bonds. The third-order valence-electron chi connectivity index (χ3n) is 4.79. The molecule has 0 aromatic heterocycles. The molecule has 2 rings (SSSR count). The van der Waals surface area contributed by atoms with Crippen LogP contribution in [0, 0.1) is 6.92 Å². The van der Waals surface area contributed by atoms with E-state index >= 15 is 0 Å². The Bertz CT molecular complexity index is 584. The standard InChI is InChI=1S/C17H26BNO4/c1-12-11-13(18-22-16(2,3)17(4,5)23-18)7-8-14(12)15(21)19(6)9-10-20/h7-8,11,20H,9-10H2,1-6H3. The van der Waals surface area contributed by atoms with Crippen LogP contribution in [0.5, 0.6) is 0 Å². The van der Waals surface area contributed by atoms with Crippen LogP contribution in [0.15, 0.2) is 18.2 Å². The molecule has 1 fully saturated rings. The minimum atomic E-state index is -0.432. The smallest absolute Gasteiger partial charge is 0.399 e. The third-order valence-corrected chi connectivity index (χ3v) is 4.79. The van der Waals surface area contributed by atoms with Gasteiger partial charge < -0.3 is 19.3 Å². The van der Waals surface area contributed by atoms with Crippen molar-refractivity contribution in [3.05, 3.63) is 29.3 Å². The SMILES string of the molecule is Cc1cc(B2OC(C)(C)C(C)(C)O2)ccc1C(=O)N(C)CCO. The van der Waals surface area contributed by atoms with Crippen molar-refractivity contribution in [3.8, 4) is 0 Å². The van der Waals surface area contributed by atoms with Crippen molar-refractivity contribution in [1.29, 1.82) is 0 Å². The van der Waals surface area contributed by atoms with Gasteiger partial charge in [0.15, 0.2) is 0 Å². The second-order valence-corrected chi connectivity index (χ2v) is 7.11. The van der Waals surface area contributed by atoms with E-state index in [4.69, 9.17) is 14.4 Å². The fourth-order valence-electron chi connectivity index (χ4n) is 2.51. The van der Waals surface area contributed by atoms with Gasteiger partial charge in [0.25, 0.3) is 5.91 Å². The number of rotatable bonds is 4. The summed E-state index contributed by atoms with van der Waals surface area (Å²) >= 11 is 0. The quantitative estimate of drug-likeness (QED) is 0.852. The number of aryl methyl sites for hydroxylation is 1. The van der Waals surface area contributed by atoms with Crippen LogP contribution in [0.1, 0.15) is 43.6 Å². The number of benzene rings is 1. The topological polar surface area (TPSA) is 59.0 Å². The maximum absolute atomic E-state index is 12.3. The van der Waals surface area contributed by atoms with Gasteiger partial charge in [0.2, 0.25) is 0 Å². The van der Waals surface area contributed by atoms with Crippen molar-refractivity contribution < 1.29 is 19.2 Å². The van der Waals surface area contributed by atoms with Crippen LogP contribution in [0.25, 0.3) is 0 Å². The highest BCUT2D eigenvalue weighted by Gasteiger charge is 2.51. The number of carbonyl (C=O) groups excluding carboxylic acids is 1. The lowest BCUT2D eigenvalue weighted by atomic mass is 9.78. The van der Waals surface area contributed by atoms with Crippen LogP contribution in [0.2, 0.25) is 0 Å². The lowest BCUT2D eigenvalue weighted by Gasteiger charge is -2.32. The molecule has 1 saturated heterocycles. The molecule has 0 saturated carbocycles. The Balaban J connectivity index is 2.22. The van der Waals surface area contributed by atoms with Gasteiger partial charge in [-0.25, -0.2) is 0 Å². The predicted octanol–water partition coefficient (Wildman–Crippen LogP) is 1.36. The first kappa shape index (κ1) is 18.0. The van der Waals surface area contributed by atoms with E-state index in [0.717, 1.165) is 11.0 Å². The Morgan fingerprint density at radius 1 is 1.22 bits per heavy atom. The van der Waals surface area contributed by atoms with Crippen LogP contribution in [-0.4, -0.2) is 54.4 Å². The maximum Gasteiger partial charge on any atom is 0.494 e. The summed E-state index contributed by atoms with van der Waals surface area (Å²) in [5, 5.41) is 8.96. The first-order chi connectivity index (χ1) is 10.6. The summed E-state index contributed by atoms with van der Waals surface area (Å²) in [6.45, 7) is 10.2. The lowest BCUT2D eigenvalue weighted by Crippen LogP contribution is -2.41. The second-order valence-electron chi connectivity index (χ2n) is 7.11. The minimum absolute atomic E-state index is 0.0483. The molecule has 5 nitrogen and oxygen atoms in total. The largest absolute Gasteiger partial charge is 0.494 e.